The van der Waals surface area contributed by atoms with Gasteiger partial charge in [-0.2, -0.15) is 0 Å². The normalized spacial score (nSPS) is 14.4. The number of hydrogen-bond donors (Lipinski definition) is 3. The molecule has 34 heavy (non-hydrogen) atoms. The van der Waals surface area contributed by atoms with Crippen LogP contribution >= 0.6 is 11.3 Å². The summed E-state index contributed by atoms with van der Waals surface area (Å²) in [7, 11) is 0. The number of hydrogen-bond acceptors (Lipinski definition) is 4. The summed E-state index contributed by atoms with van der Waals surface area (Å²) in [5.74, 6) is -0.300. The second-order valence-corrected chi connectivity index (χ2v) is 10.4. The molecule has 0 atom stereocenters. The Hall–Kier alpha value is -3.19. The van der Waals surface area contributed by atoms with Gasteiger partial charge in [0.15, 0.2) is 5.13 Å². The molecule has 3 amide bonds. The van der Waals surface area contributed by atoms with Gasteiger partial charge in [0.05, 0.1) is 5.69 Å². The number of urea groups is 1. The van der Waals surface area contributed by atoms with Crippen LogP contribution in [0.5, 0.6) is 0 Å². The molecule has 0 radical (unpaired) electrons. The Bertz CT molecular complexity index is 1110. The van der Waals surface area contributed by atoms with E-state index in [2.05, 4.69) is 28.1 Å². The minimum Gasteiger partial charge on any atom is -0.335 e. The molecule has 1 aliphatic rings. The molecule has 0 saturated heterocycles. The van der Waals surface area contributed by atoms with Crippen LogP contribution in [0.1, 0.15) is 56.4 Å². The van der Waals surface area contributed by atoms with E-state index in [0.29, 0.717) is 5.13 Å². The van der Waals surface area contributed by atoms with Crippen molar-refractivity contribution in [1.82, 2.24) is 15.6 Å². The van der Waals surface area contributed by atoms with E-state index in [0.717, 1.165) is 48.2 Å². The van der Waals surface area contributed by atoms with E-state index in [-0.39, 0.29) is 18.0 Å². The summed E-state index contributed by atoms with van der Waals surface area (Å²) in [5.41, 5.74) is 1.97. The second-order valence-electron chi connectivity index (χ2n) is 9.33. The minimum atomic E-state index is -1.09. The van der Waals surface area contributed by atoms with E-state index in [1.807, 2.05) is 48.5 Å². The van der Waals surface area contributed by atoms with Gasteiger partial charge in [0.1, 0.15) is 5.54 Å². The summed E-state index contributed by atoms with van der Waals surface area (Å²) in [6.45, 7) is 3.42. The fourth-order valence-corrected chi connectivity index (χ4v) is 5.20. The summed E-state index contributed by atoms with van der Waals surface area (Å²) < 4.78 is 0. The quantitative estimate of drug-likeness (QED) is 0.406. The van der Waals surface area contributed by atoms with Gasteiger partial charge in [-0.25, -0.2) is 9.78 Å². The van der Waals surface area contributed by atoms with E-state index in [4.69, 9.17) is 4.98 Å². The molecule has 4 rings (SSSR count). The molecule has 2 aromatic carbocycles. The van der Waals surface area contributed by atoms with Crippen LogP contribution in [-0.2, 0) is 11.2 Å². The summed E-state index contributed by atoms with van der Waals surface area (Å²) in [5, 5.41) is 9.30. The molecule has 1 heterocycles. The summed E-state index contributed by atoms with van der Waals surface area (Å²) in [4.78, 5) is 31.4. The average molecular weight is 477 g/mol. The molecular weight excluding hydrogens is 444 g/mol. The van der Waals surface area contributed by atoms with Crippen LogP contribution in [0.4, 0.5) is 9.93 Å². The van der Waals surface area contributed by atoms with E-state index in [9.17, 15) is 9.59 Å². The molecular formula is C27H32N4O2S. The molecule has 0 aliphatic heterocycles. The number of carbonyl (C=O) groups excluding carboxylic acids is 2. The first-order valence-corrected chi connectivity index (χ1v) is 12.7. The van der Waals surface area contributed by atoms with Crippen LogP contribution in [0.3, 0.4) is 0 Å². The van der Waals surface area contributed by atoms with Crippen molar-refractivity contribution >= 4 is 28.4 Å². The van der Waals surface area contributed by atoms with Crippen molar-refractivity contribution in [2.45, 2.75) is 64.0 Å². The van der Waals surface area contributed by atoms with E-state index in [1.54, 1.807) is 13.8 Å². The number of amides is 3. The third-order valence-corrected chi connectivity index (χ3v) is 7.08. The molecule has 1 aromatic heterocycles. The largest absolute Gasteiger partial charge is 0.335 e. The maximum absolute atomic E-state index is 13.1. The Morgan fingerprint density at radius 2 is 1.62 bits per heavy atom. The van der Waals surface area contributed by atoms with Crippen LogP contribution in [-0.4, -0.2) is 28.5 Å². The lowest BCUT2D eigenvalue weighted by Crippen LogP contribution is -2.56. The third kappa shape index (κ3) is 6.23. The molecule has 0 spiro atoms. The predicted octanol–water partition coefficient (Wildman–Crippen LogP) is 5.75. The zero-order valence-corrected chi connectivity index (χ0v) is 20.6. The first-order valence-electron chi connectivity index (χ1n) is 11.9. The Balaban J connectivity index is 1.47. The molecule has 3 N–H and O–H groups in total. The smallest absolute Gasteiger partial charge is 0.315 e. The Morgan fingerprint density at radius 1 is 0.971 bits per heavy atom. The molecule has 1 fully saturated rings. The fraction of sp³-hybridized carbons (Fsp3) is 0.370. The van der Waals surface area contributed by atoms with Crippen LogP contribution < -0.4 is 16.0 Å². The molecule has 7 heteroatoms. The molecule has 0 unspecified atom stereocenters. The van der Waals surface area contributed by atoms with Crippen molar-refractivity contribution in [2.24, 2.45) is 0 Å². The number of nitrogens with zero attached hydrogens (tertiary/aromatic N) is 1. The first kappa shape index (κ1) is 24.0. The Morgan fingerprint density at radius 3 is 2.29 bits per heavy atom. The van der Waals surface area contributed by atoms with Gasteiger partial charge in [0, 0.05) is 22.9 Å². The Kier molecular flexibility index (Phi) is 7.63. The first-order chi connectivity index (χ1) is 16.4. The van der Waals surface area contributed by atoms with Gasteiger partial charge >= 0.3 is 6.03 Å². The fourth-order valence-electron chi connectivity index (χ4n) is 4.19. The molecule has 0 bridgehead atoms. The van der Waals surface area contributed by atoms with Gasteiger partial charge in [-0.1, -0.05) is 79.9 Å². The number of thiazole rings is 1. The van der Waals surface area contributed by atoms with Gasteiger partial charge in [0.25, 0.3) is 5.91 Å². The summed E-state index contributed by atoms with van der Waals surface area (Å²) in [6, 6.07) is 20.1. The Labute approximate surface area is 205 Å². The van der Waals surface area contributed by atoms with Crippen LogP contribution in [0.2, 0.25) is 0 Å². The van der Waals surface area contributed by atoms with Gasteiger partial charge in [-0.05, 0) is 32.3 Å². The van der Waals surface area contributed by atoms with Crippen LogP contribution in [0.25, 0.3) is 11.3 Å². The zero-order chi connectivity index (χ0) is 24.0. The molecule has 178 valence electrons. The van der Waals surface area contributed by atoms with E-state index >= 15 is 0 Å². The van der Waals surface area contributed by atoms with Crippen molar-refractivity contribution in [3.8, 4) is 11.3 Å². The van der Waals surface area contributed by atoms with Crippen molar-refractivity contribution < 1.29 is 9.59 Å². The van der Waals surface area contributed by atoms with Crippen molar-refractivity contribution in [3.05, 3.63) is 71.1 Å². The molecule has 1 aliphatic carbocycles. The zero-order valence-electron chi connectivity index (χ0n) is 19.8. The van der Waals surface area contributed by atoms with Crippen LogP contribution in [0, 0.1) is 0 Å². The van der Waals surface area contributed by atoms with E-state index < -0.39 is 5.54 Å². The maximum atomic E-state index is 13.1. The lowest BCUT2D eigenvalue weighted by molar-refractivity contribution is -0.120. The predicted molar refractivity (Wildman–Crippen MR) is 138 cm³/mol. The monoisotopic (exact) mass is 476 g/mol. The summed E-state index contributed by atoms with van der Waals surface area (Å²) in [6.07, 6.45) is 6.20. The number of carbonyl (C=O) groups is 2. The van der Waals surface area contributed by atoms with Gasteiger partial charge in [-0.15, -0.1) is 11.3 Å². The highest BCUT2D eigenvalue weighted by Gasteiger charge is 2.31. The number of nitrogens with one attached hydrogen (secondary N) is 3. The maximum Gasteiger partial charge on any atom is 0.315 e. The molecule has 1 saturated carbocycles. The van der Waals surface area contributed by atoms with Gasteiger partial charge in [-0.3, -0.25) is 10.1 Å². The highest BCUT2D eigenvalue weighted by atomic mass is 32.1. The second kappa shape index (κ2) is 10.8. The lowest BCUT2D eigenvalue weighted by Gasteiger charge is -2.28. The molecule has 6 nitrogen and oxygen atoms in total. The highest BCUT2D eigenvalue weighted by molar-refractivity contribution is 7.16. The number of rotatable bonds is 7. The topological polar surface area (TPSA) is 83.1 Å². The lowest BCUT2D eigenvalue weighted by atomic mass is 9.95. The van der Waals surface area contributed by atoms with Crippen LogP contribution in [0.15, 0.2) is 60.7 Å². The number of aromatic nitrogens is 1. The number of anilines is 1. The third-order valence-electron chi connectivity index (χ3n) is 6.11. The van der Waals surface area contributed by atoms with Gasteiger partial charge < -0.3 is 10.6 Å². The standard InChI is InChI=1S/C27H32N4O2S/c1-27(2,31-25(33)28-21-16-10-5-11-17-21)24(32)30-26-29-23(20-14-8-4-9-15-20)22(34-26)18-19-12-6-3-7-13-19/h3-4,6-9,12-15,21H,5,10-11,16-18H2,1-2H3,(H2,28,31,33)(H,29,30,32). The highest BCUT2D eigenvalue weighted by Crippen LogP contribution is 2.33. The molecule has 3 aromatic rings. The van der Waals surface area contributed by atoms with Crippen molar-refractivity contribution in [3.63, 3.8) is 0 Å². The van der Waals surface area contributed by atoms with Crippen molar-refractivity contribution in [1.29, 1.82) is 0 Å². The van der Waals surface area contributed by atoms with Gasteiger partial charge in [0.2, 0.25) is 0 Å². The number of benzene rings is 2. The average Bonchev–Trinajstić information content (AvgIpc) is 3.22. The summed E-state index contributed by atoms with van der Waals surface area (Å²) >= 11 is 1.47. The minimum absolute atomic E-state index is 0.181. The SMILES string of the molecule is CC(C)(NC(=O)NC1CCCCC1)C(=O)Nc1nc(-c2ccccc2)c(Cc2ccccc2)s1. The van der Waals surface area contributed by atoms with E-state index in [1.165, 1.54) is 23.3 Å². The van der Waals surface area contributed by atoms with Crippen molar-refractivity contribution in [2.75, 3.05) is 5.32 Å².